The van der Waals surface area contributed by atoms with Gasteiger partial charge in [-0.15, -0.1) is 9.41 Å². The van der Waals surface area contributed by atoms with Crippen molar-refractivity contribution in [1.29, 1.82) is 5.26 Å². The standard InChI is InChI=1S/C25H30N6OS/c1-33(2,3)29-21-8-10-30(11-9-21)24-7-6-19(14-27-24)23-12-22(32-17-18-4-5-18)16-31-25(23)20(13-26)15-28-31/h6-7,12,14-16,18,21H,1,4-5,8-11,17H2,2-3H3. The molecule has 3 aromatic heterocycles. The number of hydrogen-bond donors (Lipinski definition) is 0. The summed E-state index contributed by atoms with van der Waals surface area (Å²) in [5.41, 5.74) is 3.19. The maximum Gasteiger partial charge on any atom is 0.138 e. The first-order chi connectivity index (χ1) is 15.9. The second-order valence-corrected chi connectivity index (χ2v) is 12.7. The molecule has 1 saturated carbocycles. The second kappa shape index (κ2) is 8.71. The number of aromatic nitrogens is 3. The lowest BCUT2D eigenvalue weighted by Crippen LogP contribution is -2.36. The van der Waals surface area contributed by atoms with E-state index in [4.69, 9.17) is 14.1 Å². The highest BCUT2D eigenvalue weighted by atomic mass is 32.2. The summed E-state index contributed by atoms with van der Waals surface area (Å²) >= 11 is 0. The van der Waals surface area contributed by atoms with Gasteiger partial charge < -0.3 is 9.64 Å². The zero-order valence-electron chi connectivity index (χ0n) is 19.3. The summed E-state index contributed by atoms with van der Waals surface area (Å²) in [7, 11) is -1.07. The van der Waals surface area contributed by atoms with Crippen molar-refractivity contribution in [3.8, 4) is 22.9 Å². The van der Waals surface area contributed by atoms with Gasteiger partial charge in [0.1, 0.15) is 17.6 Å². The zero-order valence-corrected chi connectivity index (χ0v) is 20.1. The number of anilines is 1. The van der Waals surface area contributed by atoms with Gasteiger partial charge in [0.05, 0.1) is 36.1 Å². The van der Waals surface area contributed by atoms with Crippen LogP contribution in [0.25, 0.3) is 16.6 Å². The molecule has 0 bridgehead atoms. The van der Waals surface area contributed by atoms with E-state index in [-0.39, 0.29) is 0 Å². The summed E-state index contributed by atoms with van der Waals surface area (Å²) in [5.74, 6) is 6.60. The number of piperidine rings is 1. The molecule has 2 aliphatic rings. The Morgan fingerprint density at radius 1 is 1.21 bits per heavy atom. The molecule has 2 fully saturated rings. The van der Waals surface area contributed by atoms with Gasteiger partial charge in [0.2, 0.25) is 0 Å². The topological polar surface area (TPSA) is 78.8 Å². The number of ether oxygens (including phenoxy) is 1. The van der Waals surface area contributed by atoms with Crippen LogP contribution in [-0.2, 0) is 9.41 Å². The van der Waals surface area contributed by atoms with Crippen LogP contribution in [0.3, 0.4) is 0 Å². The molecule has 0 amide bonds. The predicted octanol–water partition coefficient (Wildman–Crippen LogP) is 4.05. The molecule has 0 unspecified atom stereocenters. The van der Waals surface area contributed by atoms with E-state index in [2.05, 4.69) is 46.6 Å². The third-order valence-corrected chi connectivity index (χ3v) is 7.04. The molecule has 4 heterocycles. The third kappa shape index (κ3) is 4.98. The Hall–Kier alpha value is -3.05. The van der Waals surface area contributed by atoms with Crippen molar-refractivity contribution >= 4 is 26.6 Å². The van der Waals surface area contributed by atoms with Crippen molar-refractivity contribution in [2.75, 3.05) is 37.1 Å². The molecular weight excluding hydrogens is 432 g/mol. The van der Waals surface area contributed by atoms with Crippen LogP contribution >= 0.6 is 0 Å². The van der Waals surface area contributed by atoms with E-state index < -0.39 is 9.41 Å². The summed E-state index contributed by atoms with van der Waals surface area (Å²) in [5, 5.41) is 14.0. The van der Waals surface area contributed by atoms with Crippen LogP contribution in [0.1, 0.15) is 31.2 Å². The van der Waals surface area contributed by atoms with E-state index in [9.17, 15) is 5.26 Å². The quantitative estimate of drug-likeness (QED) is 0.516. The number of rotatable bonds is 6. The summed E-state index contributed by atoms with van der Waals surface area (Å²) in [6.45, 7) is 2.63. The van der Waals surface area contributed by atoms with E-state index in [0.717, 1.165) is 60.7 Å². The molecule has 1 saturated heterocycles. The van der Waals surface area contributed by atoms with Gasteiger partial charge in [0.25, 0.3) is 0 Å². The molecule has 8 heteroatoms. The van der Waals surface area contributed by atoms with Crippen LogP contribution < -0.4 is 9.64 Å². The molecule has 7 nitrogen and oxygen atoms in total. The summed E-state index contributed by atoms with van der Waals surface area (Å²) in [4.78, 5) is 7.10. The SMILES string of the molecule is C=S(C)(C)=NC1CCN(c2ccc(-c3cc(OCC4CC4)cn4ncc(C#N)c34)cn2)CC1. The van der Waals surface area contributed by atoms with Gasteiger partial charge in [-0.2, -0.15) is 10.4 Å². The molecule has 1 aliphatic carbocycles. The second-order valence-electron chi connectivity index (χ2n) is 9.52. The molecule has 0 radical (unpaired) electrons. The number of pyridine rings is 2. The first-order valence-electron chi connectivity index (χ1n) is 11.4. The Morgan fingerprint density at radius 3 is 2.64 bits per heavy atom. The van der Waals surface area contributed by atoms with Crippen LogP contribution in [-0.4, -0.2) is 58.7 Å². The predicted molar refractivity (Wildman–Crippen MR) is 135 cm³/mol. The van der Waals surface area contributed by atoms with Crippen LogP contribution in [0.2, 0.25) is 0 Å². The Balaban J connectivity index is 1.39. The smallest absolute Gasteiger partial charge is 0.138 e. The Kier molecular flexibility index (Phi) is 5.75. The van der Waals surface area contributed by atoms with Gasteiger partial charge >= 0.3 is 0 Å². The summed E-state index contributed by atoms with van der Waals surface area (Å²) in [6, 6.07) is 8.82. The number of nitriles is 1. The lowest BCUT2D eigenvalue weighted by Gasteiger charge is -2.31. The first kappa shape index (κ1) is 21.8. The lowest BCUT2D eigenvalue weighted by molar-refractivity contribution is 0.298. The van der Waals surface area contributed by atoms with Crippen molar-refractivity contribution in [2.45, 2.75) is 31.7 Å². The minimum Gasteiger partial charge on any atom is -0.492 e. The minimum atomic E-state index is -1.07. The van der Waals surface area contributed by atoms with E-state index >= 15 is 0 Å². The van der Waals surface area contributed by atoms with Gasteiger partial charge in [-0.3, -0.25) is 4.36 Å². The Labute approximate surface area is 195 Å². The molecule has 1 aliphatic heterocycles. The van der Waals surface area contributed by atoms with Crippen LogP contribution in [0.4, 0.5) is 5.82 Å². The Bertz CT molecular complexity index is 1310. The maximum absolute atomic E-state index is 9.59. The highest BCUT2D eigenvalue weighted by molar-refractivity contribution is 8.01. The average molecular weight is 463 g/mol. The van der Waals surface area contributed by atoms with Gasteiger partial charge in [-0.05, 0) is 62.3 Å². The maximum atomic E-state index is 9.59. The summed E-state index contributed by atoms with van der Waals surface area (Å²) < 4.78 is 12.7. The van der Waals surface area contributed by atoms with Crippen LogP contribution in [0.5, 0.6) is 5.75 Å². The number of hydrogen-bond acceptors (Lipinski definition) is 6. The number of nitrogens with zero attached hydrogens (tertiary/aromatic N) is 6. The fourth-order valence-electron chi connectivity index (χ4n) is 4.31. The molecule has 5 rings (SSSR count). The fourth-order valence-corrected chi connectivity index (χ4v) is 5.33. The monoisotopic (exact) mass is 462 g/mol. The normalized spacial score (nSPS) is 17.2. The highest BCUT2D eigenvalue weighted by Crippen LogP contribution is 2.34. The van der Waals surface area contributed by atoms with Crippen molar-refractivity contribution in [3.05, 3.63) is 42.4 Å². The lowest BCUT2D eigenvalue weighted by atomic mass is 10.0. The van der Waals surface area contributed by atoms with Crippen LogP contribution in [0, 0.1) is 17.2 Å². The average Bonchev–Trinajstić information content (AvgIpc) is 3.54. The zero-order chi connectivity index (χ0) is 23.0. The minimum absolute atomic E-state index is 0.404. The Morgan fingerprint density at radius 2 is 2.00 bits per heavy atom. The van der Waals surface area contributed by atoms with E-state index in [1.165, 1.54) is 12.8 Å². The summed E-state index contributed by atoms with van der Waals surface area (Å²) in [6.07, 6.45) is 14.2. The van der Waals surface area contributed by atoms with Crippen molar-refractivity contribution in [2.24, 2.45) is 10.3 Å². The molecule has 172 valence electrons. The van der Waals surface area contributed by atoms with E-state index in [1.807, 2.05) is 18.5 Å². The third-order valence-electron chi connectivity index (χ3n) is 6.17. The van der Waals surface area contributed by atoms with Gasteiger partial charge in [0, 0.05) is 30.4 Å². The van der Waals surface area contributed by atoms with Crippen molar-refractivity contribution < 1.29 is 4.74 Å². The van der Waals surface area contributed by atoms with E-state index in [1.54, 1.807) is 10.7 Å². The molecule has 3 aromatic rings. The first-order valence-corrected chi connectivity index (χ1v) is 14.0. The van der Waals surface area contributed by atoms with Crippen molar-refractivity contribution in [3.63, 3.8) is 0 Å². The van der Waals surface area contributed by atoms with E-state index in [0.29, 0.717) is 17.5 Å². The molecule has 0 N–H and O–H groups in total. The van der Waals surface area contributed by atoms with Crippen molar-refractivity contribution in [1.82, 2.24) is 14.6 Å². The highest BCUT2D eigenvalue weighted by Gasteiger charge is 2.23. The van der Waals surface area contributed by atoms with Gasteiger partial charge in [-0.1, -0.05) is 5.87 Å². The van der Waals surface area contributed by atoms with Crippen LogP contribution in [0.15, 0.2) is 41.2 Å². The fraction of sp³-hybridized carbons (Fsp3) is 0.440. The molecular formula is C25H30N6OS. The number of fused-ring (bicyclic) bond motifs is 1. The molecule has 0 atom stereocenters. The molecule has 0 spiro atoms. The molecule has 33 heavy (non-hydrogen) atoms. The van der Waals surface area contributed by atoms with Gasteiger partial charge in [0.15, 0.2) is 0 Å². The van der Waals surface area contributed by atoms with Gasteiger partial charge in [-0.25, -0.2) is 9.50 Å². The largest absolute Gasteiger partial charge is 0.492 e. The molecule has 0 aromatic carbocycles.